The molecule has 2 aromatic heterocycles. The van der Waals surface area contributed by atoms with Crippen LogP contribution in [0.15, 0.2) is 65.0 Å². The number of carbonyl (C=O) groups is 2. The minimum Gasteiger partial charge on any atom is -0.380 e. The Morgan fingerprint density at radius 3 is 2.64 bits per heavy atom. The van der Waals surface area contributed by atoms with Crippen molar-refractivity contribution in [1.82, 2.24) is 15.2 Å². The van der Waals surface area contributed by atoms with Crippen molar-refractivity contribution in [2.45, 2.75) is 44.9 Å². The van der Waals surface area contributed by atoms with Gasteiger partial charge >= 0.3 is 0 Å². The fraction of sp³-hybridized carbons (Fsp3) is 0.375. The smallest absolute Gasteiger partial charge is 0.254 e. The Hall–Kier alpha value is -2.59. The highest BCUT2D eigenvalue weighted by molar-refractivity contribution is 7.10. The highest BCUT2D eigenvalue weighted by Gasteiger charge is 2.34. The zero-order valence-electron chi connectivity index (χ0n) is 18.7. The zero-order valence-corrected chi connectivity index (χ0v) is 20.4. The summed E-state index contributed by atoms with van der Waals surface area (Å²) >= 11 is 3.11. The van der Waals surface area contributed by atoms with E-state index in [9.17, 15) is 19.8 Å². The fourth-order valence-corrected chi connectivity index (χ4v) is 4.33. The van der Waals surface area contributed by atoms with Crippen LogP contribution in [0.25, 0.3) is 0 Å². The summed E-state index contributed by atoms with van der Waals surface area (Å²) in [5.41, 5.74) is 4.08. The first-order chi connectivity index (χ1) is 16.0. The summed E-state index contributed by atoms with van der Waals surface area (Å²) < 4.78 is 0. The van der Waals surface area contributed by atoms with E-state index in [2.05, 4.69) is 16.9 Å². The van der Waals surface area contributed by atoms with Gasteiger partial charge in [0.15, 0.2) is 12.2 Å². The molecule has 33 heavy (non-hydrogen) atoms. The average molecular weight is 490 g/mol. The number of thiophene rings is 1. The van der Waals surface area contributed by atoms with Gasteiger partial charge in [-0.25, -0.2) is 0 Å². The van der Waals surface area contributed by atoms with Gasteiger partial charge < -0.3 is 20.4 Å². The number of rotatable bonds is 9. The van der Waals surface area contributed by atoms with Crippen molar-refractivity contribution in [2.24, 2.45) is 0 Å². The Labute approximate surface area is 202 Å². The second-order valence-electron chi connectivity index (χ2n) is 7.37. The molecule has 0 bridgehead atoms. The lowest BCUT2D eigenvalue weighted by Crippen LogP contribution is -2.50. The van der Waals surface area contributed by atoms with E-state index < -0.39 is 24.0 Å². The van der Waals surface area contributed by atoms with Crippen molar-refractivity contribution < 1.29 is 19.8 Å². The van der Waals surface area contributed by atoms with Gasteiger partial charge in [0.2, 0.25) is 0 Å². The van der Waals surface area contributed by atoms with Crippen molar-refractivity contribution in [1.29, 1.82) is 0 Å². The SMILES string of the molecule is C=C/C=C\C(=C/C)Cc1csc(CNC(=O)C(O)C(O)C(=O)N2CCCC2)c1.c1cscn1. The summed E-state index contributed by atoms with van der Waals surface area (Å²) in [5.74, 6) is -1.34. The number of aliphatic hydroxyl groups is 2. The molecule has 0 saturated carbocycles. The van der Waals surface area contributed by atoms with Crippen molar-refractivity contribution >= 4 is 34.5 Å². The molecular weight excluding hydrogens is 458 g/mol. The molecule has 1 saturated heterocycles. The second kappa shape index (κ2) is 14.5. The molecule has 7 nitrogen and oxygen atoms in total. The maximum atomic E-state index is 12.1. The van der Waals surface area contributed by atoms with Crippen LogP contribution in [-0.2, 0) is 22.6 Å². The number of thiazole rings is 1. The van der Waals surface area contributed by atoms with Gasteiger partial charge in [0.1, 0.15) is 0 Å². The molecule has 0 radical (unpaired) electrons. The molecule has 3 N–H and O–H groups in total. The number of aromatic nitrogens is 1. The molecule has 2 aromatic rings. The van der Waals surface area contributed by atoms with Crippen LogP contribution in [0.3, 0.4) is 0 Å². The van der Waals surface area contributed by atoms with Crippen LogP contribution in [0.2, 0.25) is 0 Å². The number of aliphatic hydroxyl groups excluding tert-OH is 2. The first kappa shape index (κ1) is 26.7. The molecule has 1 fully saturated rings. The largest absolute Gasteiger partial charge is 0.380 e. The van der Waals surface area contributed by atoms with Gasteiger partial charge in [-0.05, 0) is 48.8 Å². The molecule has 3 heterocycles. The zero-order chi connectivity index (χ0) is 24.1. The minimum absolute atomic E-state index is 0.235. The van der Waals surface area contributed by atoms with Gasteiger partial charge in [-0.15, -0.1) is 22.7 Å². The molecule has 2 amide bonds. The number of hydrogen-bond donors (Lipinski definition) is 3. The van der Waals surface area contributed by atoms with Crippen LogP contribution >= 0.6 is 22.7 Å². The van der Waals surface area contributed by atoms with Crippen LogP contribution in [0.4, 0.5) is 0 Å². The van der Waals surface area contributed by atoms with Crippen molar-refractivity contribution in [3.05, 3.63) is 75.4 Å². The summed E-state index contributed by atoms with van der Waals surface area (Å²) in [6.07, 6.45) is 8.44. The Bertz CT molecular complexity index is 914. The molecule has 1 aliphatic heterocycles. The Morgan fingerprint density at radius 1 is 1.30 bits per heavy atom. The van der Waals surface area contributed by atoms with Crippen LogP contribution in [-0.4, -0.2) is 57.2 Å². The van der Waals surface area contributed by atoms with E-state index >= 15 is 0 Å². The van der Waals surface area contributed by atoms with Crippen molar-refractivity contribution in [3.63, 3.8) is 0 Å². The van der Waals surface area contributed by atoms with Crippen LogP contribution < -0.4 is 5.32 Å². The normalized spacial score (nSPS) is 15.6. The number of allylic oxidation sites excluding steroid dienone is 5. The fourth-order valence-electron chi connectivity index (χ4n) is 3.15. The monoisotopic (exact) mass is 489 g/mol. The molecule has 0 spiro atoms. The molecule has 2 unspecified atom stereocenters. The summed E-state index contributed by atoms with van der Waals surface area (Å²) in [6.45, 7) is 6.99. The van der Waals surface area contributed by atoms with Crippen LogP contribution in [0, 0.1) is 0 Å². The lowest BCUT2D eigenvalue weighted by molar-refractivity contribution is -0.152. The molecule has 9 heteroatoms. The van der Waals surface area contributed by atoms with Gasteiger partial charge in [0, 0.05) is 29.5 Å². The molecular formula is C24H31N3O4S2. The molecule has 178 valence electrons. The van der Waals surface area contributed by atoms with Crippen molar-refractivity contribution in [2.75, 3.05) is 13.1 Å². The van der Waals surface area contributed by atoms with E-state index in [1.54, 1.807) is 29.1 Å². The number of nitrogens with one attached hydrogen (secondary N) is 1. The Morgan fingerprint density at radius 2 is 2.06 bits per heavy atom. The highest BCUT2D eigenvalue weighted by atomic mass is 32.1. The minimum atomic E-state index is -1.77. The standard InChI is InChI=1S/C21H28N2O4S.C3H3NS/c1-3-5-8-15(4-2)11-16-12-17(28-14-16)13-22-20(26)18(24)19(25)21(27)23-9-6-7-10-23;1-2-5-3-4-1/h3-5,8,12,14,18-19,24-25H,1,6-7,9-11,13H2,2H3,(H,22,26);1-3H/b8-5-,15-4+;. The van der Waals surface area contributed by atoms with Gasteiger partial charge in [-0.1, -0.05) is 30.9 Å². The maximum Gasteiger partial charge on any atom is 0.254 e. The lowest BCUT2D eigenvalue weighted by Gasteiger charge is -2.22. The third kappa shape index (κ3) is 9.05. The summed E-state index contributed by atoms with van der Waals surface area (Å²) in [7, 11) is 0. The number of carbonyl (C=O) groups excluding carboxylic acids is 2. The predicted octanol–water partition coefficient (Wildman–Crippen LogP) is 3.08. The van der Waals surface area contributed by atoms with E-state index in [4.69, 9.17) is 0 Å². The number of amides is 2. The Balaban J connectivity index is 0.000000678. The third-order valence-corrected chi connectivity index (χ3v) is 6.46. The lowest BCUT2D eigenvalue weighted by atomic mass is 10.1. The predicted molar refractivity (Wildman–Crippen MR) is 133 cm³/mol. The Kier molecular flexibility index (Phi) is 11.7. The van der Waals surface area contributed by atoms with E-state index in [1.807, 2.05) is 42.0 Å². The van der Waals surface area contributed by atoms with Gasteiger partial charge in [-0.2, -0.15) is 0 Å². The number of likely N-dealkylation sites (tertiary alicyclic amines) is 1. The molecule has 1 aliphatic rings. The molecule has 2 atom stereocenters. The van der Waals surface area contributed by atoms with Crippen molar-refractivity contribution in [3.8, 4) is 0 Å². The molecule has 3 rings (SSSR count). The van der Waals surface area contributed by atoms with E-state index in [1.165, 1.54) is 16.2 Å². The number of nitrogens with zero attached hydrogens (tertiary/aromatic N) is 2. The maximum absolute atomic E-state index is 12.1. The third-order valence-electron chi connectivity index (χ3n) is 4.96. The topological polar surface area (TPSA) is 103 Å². The van der Waals surface area contributed by atoms with Gasteiger partial charge in [0.05, 0.1) is 12.1 Å². The summed E-state index contributed by atoms with van der Waals surface area (Å²) in [5, 5.41) is 26.5. The van der Waals surface area contributed by atoms with Gasteiger partial charge in [-0.3, -0.25) is 14.6 Å². The van der Waals surface area contributed by atoms with E-state index in [0.717, 1.165) is 35.3 Å². The second-order valence-corrected chi connectivity index (χ2v) is 9.12. The first-order valence-corrected chi connectivity index (χ1v) is 12.5. The quantitative estimate of drug-likeness (QED) is 0.470. The average Bonchev–Trinajstić information content (AvgIpc) is 3.63. The molecule has 0 aliphatic carbocycles. The summed E-state index contributed by atoms with van der Waals surface area (Å²) in [4.78, 5) is 30.4. The first-order valence-electron chi connectivity index (χ1n) is 10.7. The van der Waals surface area contributed by atoms with Gasteiger partial charge in [0.25, 0.3) is 11.8 Å². The molecule has 0 aromatic carbocycles. The summed E-state index contributed by atoms with van der Waals surface area (Å²) in [6, 6.07) is 1.99. The highest BCUT2D eigenvalue weighted by Crippen LogP contribution is 2.18. The van der Waals surface area contributed by atoms with Crippen LogP contribution in [0.1, 0.15) is 30.2 Å². The van der Waals surface area contributed by atoms with Crippen LogP contribution in [0.5, 0.6) is 0 Å². The number of hydrogen-bond acceptors (Lipinski definition) is 7. The van der Waals surface area contributed by atoms with E-state index in [0.29, 0.717) is 13.1 Å². The van der Waals surface area contributed by atoms with E-state index in [-0.39, 0.29) is 6.54 Å².